The number of nitrogens with two attached hydrogens (primary N) is 1. The Hall–Kier alpha value is -1.82. The standard InChI is InChI=1S/C13H8Cl3N5/c14-8-2-1-3-9(15)12(8)21-13(18-19-20-21)7-4-5-11(17)10(16)6-7/h1-6H,17H2. The van der Waals surface area contributed by atoms with E-state index in [-0.39, 0.29) is 0 Å². The van der Waals surface area contributed by atoms with Gasteiger partial charge in [-0.05, 0) is 40.8 Å². The molecule has 2 aromatic carbocycles. The number of hydrogen-bond acceptors (Lipinski definition) is 4. The number of halogens is 3. The summed E-state index contributed by atoms with van der Waals surface area (Å²) in [6, 6.07) is 10.3. The van der Waals surface area contributed by atoms with Crippen LogP contribution < -0.4 is 5.73 Å². The molecule has 0 aliphatic carbocycles. The number of tetrazole rings is 1. The monoisotopic (exact) mass is 339 g/mol. The first kappa shape index (κ1) is 14.1. The highest BCUT2D eigenvalue weighted by molar-refractivity contribution is 6.37. The van der Waals surface area contributed by atoms with Crippen LogP contribution in [-0.4, -0.2) is 20.2 Å². The van der Waals surface area contributed by atoms with Gasteiger partial charge in [0, 0.05) is 5.56 Å². The van der Waals surface area contributed by atoms with Crippen molar-refractivity contribution in [2.24, 2.45) is 0 Å². The Kier molecular flexibility index (Phi) is 3.71. The SMILES string of the molecule is Nc1ccc(-c2nnnn2-c2c(Cl)cccc2Cl)cc1Cl. The minimum absolute atomic E-state index is 0.423. The first-order valence-corrected chi connectivity index (χ1v) is 6.99. The van der Waals surface area contributed by atoms with Crippen molar-refractivity contribution in [1.29, 1.82) is 0 Å². The van der Waals surface area contributed by atoms with Crippen LogP contribution in [-0.2, 0) is 0 Å². The Balaban J connectivity index is 2.20. The average molecular weight is 341 g/mol. The maximum absolute atomic E-state index is 6.19. The fourth-order valence-corrected chi connectivity index (χ4v) is 2.61. The summed E-state index contributed by atoms with van der Waals surface area (Å²) in [5, 5.41) is 12.9. The van der Waals surface area contributed by atoms with E-state index < -0.39 is 0 Å². The molecule has 3 rings (SSSR count). The van der Waals surface area contributed by atoms with Crippen LogP contribution in [0, 0.1) is 0 Å². The van der Waals surface area contributed by atoms with E-state index >= 15 is 0 Å². The molecule has 0 aliphatic heterocycles. The molecular formula is C13H8Cl3N5. The van der Waals surface area contributed by atoms with Gasteiger partial charge in [0.05, 0.1) is 20.8 Å². The van der Waals surface area contributed by atoms with Crippen molar-refractivity contribution in [3.8, 4) is 17.1 Å². The van der Waals surface area contributed by atoms with Gasteiger partial charge in [0.1, 0.15) is 5.69 Å². The second-order valence-electron chi connectivity index (χ2n) is 4.22. The molecule has 0 radical (unpaired) electrons. The van der Waals surface area contributed by atoms with Crippen molar-refractivity contribution < 1.29 is 0 Å². The van der Waals surface area contributed by atoms with Gasteiger partial charge in [-0.25, -0.2) is 0 Å². The molecule has 21 heavy (non-hydrogen) atoms. The highest BCUT2D eigenvalue weighted by atomic mass is 35.5. The number of aromatic nitrogens is 4. The van der Waals surface area contributed by atoms with E-state index in [4.69, 9.17) is 40.5 Å². The predicted octanol–water partition coefficient (Wildman–Crippen LogP) is 3.87. The molecule has 0 aliphatic rings. The van der Waals surface area contributed by atoms with Gasteiger partial charge in [-0.2, -0.15) is 4.68 Å². The van der Waals surface area contributed by atoms with Gasteiger partial charge in [-0.15, -0.1) is 5.10 Å². The Morgan fingerprint density at radius 1 is 0.952 bits per heavy atom. The van der Waals surface area contributed by atoms with E-state index in [0.29, 0.717) is 37.8 Å². The normalized spacial score (nSPS) is 10.8. The van der Waals surface area contributed by atoms with Crippen LogP contribution in [0.4, 0.5) is 5.69 Å². The molecule has 0 amide bonds. The number of nitrogen functional groups attached to an aromatic ring is 1. The van der Waals surface area contributed by atoms with Crippen molar-refractivity contribution in [1.82, 2.24) is 20.2 Å². The first-order chi connectivity index (χ1) is 10.1. The zero-order valence-corrected chi connectivity index (χ0v) is 12.7. The van der Waals surface area contributed by atoms with Crippen LogP contribution in [0.2, 0.25) is 15.1 Å². The number of benzene rings is 2. The summed E-state index contributed by atoms with van der Waals surface area (Å²) < 4.78 is 1.46. The van der Waals surface area contributed by atoms with Gasteiger partial charge >= 0.3 is 0 Å². The minimum atomic E-state index is 0.423. The molecule has 106 valence electrons. The quantitative estimate of drug-likeness (QED) is 0.719. The molecule has 0 unspecified atom stereocenters. The Labute approximate surface area is 135 Å². The summed E-state index contributed by atoms with van der Waals surface area (Å²) in [5.74, 6) is 0.465. The number of hydrogen-bond donors (Lipinski definition) is 1. The largest absolute Gasteiger partial charge is 0.398 e. The van der Waals surface area contributed by atoms with Crippen molar-refractivity contribution in [2.45, 2.75) is 0 Å². The van der Waals surface area contributed by atoms with Gasteiger partial charge in [0.25, 0.3) is 0 Å². The van der Waals surface area contributed by atoms with Crippen molar-refractivity contribution in [3.63, 3.8) is 0 Å². The molecule has 0 saturated carbocycles. The van der Waals surface area contributed by atoms with Crippen LogP contribution >= 0.6 is 34.8 Å². The molecule has 1 aromatic heterocycles. The number of anilines is 1. The van der Waals surface area contributed by atoms with Crippen LogP contribution in [0.5, 0.6) is 0 Å². The van der Waals surface area contributed by atoms with E-state index in [0.717, 1.165) is 0 Å². The smallest absolute Gasteiger partial charge is 0.187 e. The van der Waals surface area contributed by atoms with Crippen LogP contribution in [0.3, 0.4) is 0 Å². The van der Waals surface area contributed by atoms with Gasteiger partial charge in [-0.1, -0.05) is 40.9 Å². The number of nitrogens with zero attached hydrogens (tertiary/aromatic N) is 4. The molecule has 0 spiro atoms. The predicted molar refractivity (Wildman–Crippen MR) is 84.0 cm³/mol. The summed E-state index contributed by atoms with van der Waals surface area (Å²) in [6.07, 6.45) is 0. The molecule has 0 atom stereocenters. The summed E-state index contributed by atoms with van der Waals surface area (Å²) in [6.45, 7) is 0. The van der Waals surface area contributed by atoms with E-state index in [1.165, 1.54) is 4.68 Å². The molecule has 2 N–H and O–H groups in total. The lowest BCUT2D eigenvalue weighted by Crippen LogP contribution is -2.02. The molecule has 5 nitrogen and oxygen atoms in total. The third-order valence-corrected chi connectivity index (χ3v) is 3.81. The summed E-state index contributed by atoms with van der Waals surface area (Å²) in [4.78, 5) is 0. The third kappa shape index (κ3) is 2.55. The van der Waals surface area contributed by atoms with E-state index in [2.05, 4.69) is 15.5 Å². The van der Waals surface area contributed by atoms with Crippen LogP contribution in [0.1, 0.15) is 0 Å². The molecule has 3 aromatic rings. The fourth-order valence-electron chi connectivity index (χ4n) is 1.88. The maximum atomic E-state index is 6.19. The molecule has 0 fully saturated rings. The topological polar surface area (TPSA) is 69.6 Å². The highest BCUT2D eigenvalue weighted by Gasteiger charge is 2.16. The minimum Gasteiger partial charge on any atom is -0.398 e. The van der Waals surface area contributed by atoms with Crippen molar-refractivity contribution in [2.75, 3.05) is 5.73 Å². The molecular weight excluding hydrogens is 333 g/mol. The van der Waals surface area contributed by atoms with E-state index in [9.17, 15) is 0 Å². The molecule has 0 bridgehead atoms. The average Bonchev–Trinajstić information content (AvgIpc) is 2.91. The van der Waals surface area contributed by atoms with Gasteiger partial charge in [0.2, 0.25) is 0 Å². The lowest BCUT2D eigenvalue weighted by atomic mass is 10.2. The Morgan fingerprint density at radius 2 is 1.67 bits per heavy atom. The van der Waals surface area contributed by atoms with Gasteiger partial charge < -0.3 is 5.73 Å². The summed E-state index contributed by atoms with van der Waals surface area (Å²) >= 11 is 18.4. The molecule has 0 saturated heterocycles. The second-order valence-corrected chi connectivity index (χ2v) is 5.44. The summed E-state index contributed by atoms with van der Waals surface area (Å²) in [7, 11) is 0. The number of rotatable bonds is 2. The van der Waals surface area contributed by atoms with Crippen LogP contribution in [0.25, 0.3) is 17.1 Å². The Morgan fingerprint density at radius 3 is 2.33 bits per heavy atom. The second kappa shape index (κ2) is 5.52. The third-order valence-electron chi connectivity index (χ3n) is 2.88. The lowest BCUT2D eigenvalue weighted by molar-refractivity contribution is 0.791. The van der Waals surface area contributed by atoms with E-state index in [1.807, 2.05) is 0 Å². The van der Waals surface area contributed by atoms with Crippen molar-refractivity contribution in [3.05, 3.63) is 51.5 Å². The highest BCUT2D eigenvalue weighted by Crippen LogP contribution is 2.32. The fraction of sp³-hybridized carbons (Fsp3) is 0. The van der Waals surface area contributed by atoms with Crippen molar-refractivity contribution >= 4 is 40.5 Å². The van der Waals surface area contributed by atoms with Gasteiger partial charge in [-0.3, -0.25) is 0 Å². The van der Waals surface area contributed by atoms with Gasteiger partial charge in [0.15, 0.2) is 5.82 Å². The zero-order valence-electron chi connectivity index (χ0n) is 10.5. The summed E-state index contributed by atoms with van der Waals surface area (Å²) in [5.41, 5.74) is 7.40. The van der Waals surface area contributed by atoms with Crippen LogP contribution in [0.15, 0.2) is 36.4 Å². The van der Waals surface area contributed by atoms with E-state index in [1.54, 1.807) is 36.4 Å². The zero-order chi connectivity index (χ0) is 15.0. The maximum Gasteiger partial charge on any atom is 0.187 e. The molecule has 1 heterocycles. The number of para-hydroxylation sites is 1. The Bertz CT molecular complexity index is 795. The molecule has 8 heteroatoms. The first-order valence-electron chi connectivity index (χ1n) is 5.86. The lowest BCUT2D eigenvalue weighted by Gasteiger charge is -2.09.